The van der Waals surface area contributed by atoms with E-state index < -0.39 is 5.82 Å². The number of benzene rings is 1. The van der Waals surface area contributed by atoms with Gasteiger partial charge in [0.1, 0.15) is 29.8 Å². The number of rotatable bonds is 5. The molecule has 6 nitrogen and oxygen atoms in total. The Labute approximate surface area is 121 Å². The predicted molar refractivity (Wildman–Crippen MR) is 78.2 cm³/mol. The first kappa shape index (κ1) is 14.7. The molecule has 1 aromatic heterocycles. The normalized spacial score (nSPS) is 10.0. The summed E-state index contributed by atoms with van der Waals surface area (Å²) in [5.41, 5.74) is 3.92. The highest BCUT2D eigenvalue weighted by atomic mass is 19.1. The summed E-state index contributed by atoms with van der Waals surface area (Å²) in [4.78, 5) is 8.25. The first-order valence-corrected chi connectivity index (χ1v) is 6.46. The van der Waals surface area contributed by atoms with Crippen molar-refractivity contribution in [3.63, 3.8) is 0 Å². The summed E-state index contributed by atoms with van der Waals surface area (Å²) in [6, 6.07) is 6.02. The molecule has 2 rings (SSSR count). The highest BCUT2D eigenvalue weighted by Crippen LogP contribution is 2.25. The van der Waals surface area contributed by atoms with Crippen molar-refractivity contribution >= 4 is 17.3 Å². The molecule has 0 unspecified atom stereocenters. The summed E-state index contributed by atoms with van der Waals surface area (Å²) in [5, 5.41) is 11.9. The van der Waals surface area contributed by atoms with E-state index in [2.05, 4.69) is 20.7 Å². The van der Waals surface area contributed by atoms with E-state index in [1.165, 1.54) is 18.5 Å². The molecule has 2 aromatic rings. The standard InChI is InChI=1S/C14H15FN6/c1-2-3-11-13(18-8-19-14(11)21-17)20-10-4-5-12(15)9(6-10)7-16/h4-6,8H,2-3,17H2,1H3,(H2,18,19,20,21). The number of aromatic nitrogens is 2. The van der Waals surface area contributed by atoms with Crippen LogP contribution in [0.4, 0.5) is 21.7 Å². The van der Waals surface area contributed by atoms with Gasteiger partial charge in [0.25, 0.3) is 0 Å². The molecule has 0 atom stereocenters. The van der Waals surface area contributed by atoms with E-state index in [1.54, 1.807) is 12.1 Å². The number of nitrogens with zero attached hydrogens (tertiary/aromatic N) is 3. The van der Waals surface area contributed by atoms with Crippen LogP contribution >= 0.6 is 0 Å². The fourth-order valence-corrected chi connectivity index (χ4v) is 1.96. The van der Waals surface area contributed by atoms with Gasteiger partial charge in [-0.05, 0) is 24.6 Å². The molecule has 21 heavy (non-hydrogen) atoms. The van der Waals surface area contributed by atoms with E-state index in [9.17, 15) is 4.39 Å². The van der Waals surface area contributed by atoms with Gasteiger partial charge in [-0.3, -0.25) is 0 Å². The molecule has 0 radical (unpaired) electrons. The third-order valence-electron chi connectivity index (χ3n) is 2.93. The van der Waals surface area contributed by atoms with Gasteiger partial charge in [0.15, 0.2) is 0 Å². The van der Waals surface area contributed by atoms with Crippen LogP contribution in [-0.4, -0.2) is 9.97 Å². The SMILES string of the molecule is CCCc1c(NN)ncnc1Nc1ccc(F)c(C#N)c1. The number of nitrogens with two attached hydrogens (primary N) is 1. The number of nitrogens with one attached hydrogen (secondary N) is 2. The van der Waals surface area contributed by atoms with Crippen LogP contribution in [0.3, 0.4) is 0 Å². The van der Waals surface area contributed by atoms with Gasteiger partial charge >= 0.3 is 0 Å². The molecule has 0 spiro atoms. The first-order chi connectivity index (χ1) is 10.2. The molecule has 0 aliphatic carbocycles. The van der Waals surface area contributed by atoms with Crippen LogP contribution in [0.25, 0.3) is 0 Å². The van der Waals surface area contributed by atoms with Gasteiger partial charge in [-0.15, -0.1) is 0 Å². The third kappa shape index (κ3) is 3.24. The lowest BCUT2D eigenvalue weighted by molar-refractivity contribution is 0.624. The number of halogens is 1. The van der Waals surface area contributed by atoms with Crippen molar-refractivity contribution in [1.82, 2.24) is 9.97 Å². The van der Waals surface area contributed by atoms with Crippen molar-refractivity contribution in [1.29, 1.82) is 5.26 Å². The molecule has 0 saturated carbocycles. The average molecular weight is 286 g/mol. The Balaban J connectivity index is 2.37. The minimum absolute atomic E-state index is 0.0247. The van der Waals surface area contributed by atoms with Crippen molar-refractivity contribution in [2.24, 2.45) is 5.84 Å². The maximum absolute atomic E-state index is 13.3. The Hall–Kier alpha value is -2.72. The Kier molecular flexibility index (Phi) is 4.64. The minimum Gasteiger partial charge on any atom is -0.340 e. The largest absolute Gasteiger partial charge is 0.340 e. The number of hydrogen-bond acceptors (Lipinski definition) is 6. The van der Waals surface area contributed by atoms with Gasteiger partial charge in [0, 0.05) is 11.3 Å². The second kappa shape index (κ2) is 6.63. The van der Waals surface area contributed by atoms with Crippen LogP contribution < -0.4 is 16.6 Å². The molecule has 1 heterocycles. The third-order valence-corrected chi connectivity index (χ3v) is 2.93. The Morgan fingerprint density at radius 3 is 2.76 bits per heavy atom. The maximum atomic E-state index is 13.3. The molecule has 0 saturated heterocycles. The summed E-state index contributed by atoms with van der Waals surface area (Å²) >= 11 is 0. The number of nitrogen functional groups attached to an aromatic ring is 1. The topological polar surface area (TPSA) is 99.7 Å². The summed E-state index contributed by atoms with van der Waals surface area (Å²) in [6.45, 7) is 2.03. The van der Waals surface area contributed by atoms with E-state index >= 15 is 0 Å². The molecular formula is C14H15FN6. The zero-order chi connectivity index (χ0) is 15.2. The molecule has 4 N–H and O–H groups in total. The first-order valence-electron chi connectivity index (χ1n) is 6.46. The zero-order valence-corrected chi connectivity index (χ0v) is 11.5. The summed E-state index contributed by atoms with van der Waals surface area (Å²) in [7, 11) is 0. The van der Waals surface area contributed by atoms with Crippen LogP contribution in [0.15, 0.2) is 24.5 Å². The van der Waals surface area contributed by atoms with Crippen LogP contribution in [0.1, 0.15) is 24.5 Å². The molecule has 0 amide bonds. The lowest BCUT2D eigenvalue weighted by Crippen LogP contribution is -2.13. The highest BCUT2D eigenvalue weighted by Gasteiger charge is 2.11. The van der Waals surface area contributed by atoms with Gasteiger partial charge in [-0.1, -0.05) is 13.3 Å². The number of hydrogen-bond donors (Lipinski definition) is 3. The summed E-state index contributed by atoms with van der Waals surface area (Å²) in [6.07, 6.45) is 3.00. The molecule has 7 heteroatoms. The fourth-order valence-electron chi connectivity index (χ4n) is 1.96. The van der Waals surface area contributed by atoms with Crippen molar-refractivity contribution in [2.45, 2.75) is 19.8 Å². The zero-order valence-electron chi connectivity index (χ0n) is 11.5. The minimum atomic E-state index is -0.552. The van der Waals surface area contributed by atoms with Crippen molar-refractivity contribution in [3.05, 3.63) is 41.5 Å². The van der Waals surface area contributed by atoms with Gasteiger partial charge in [0.05, 0.1) is 5.56 Å². The van der Waals surface area contributed by atoms with E-state index in [0.29, 0.717) is 17.3 Å². The number of anilines is 3. The second-order valence-corrected chi connectivity index (χ2v) is 4.38. The molecule has 0 aliphatic heterocycles. The molecular weight excluding hydrogens is 271 g/mol. The van der Waals surface area contributed by atoms with Crippen molar-refractivity contribution in [2.75, 3.05) is 10.7 Å². The van der Waals surface area contributed by atoms with E-state index in [4.69, 9.17) is 11.1 Å². The average Bonchev–Trinajstić information content (AvgIpc) is 2.51. The van der Waals surface area contributed by atoms with Crippen LogP contribution in [0, 0.1) is 17.1 Å². The Morgan fingerprint density at radius 2 is 2.10 bits per heavy atom. The summed E-state index contributed by atoms with van der Waals surface area (Å²) in [5.74, 6) is 6.01. The molecule has 0 fully saturated rings. The van der Waals surface area contributed by atoms with Gasteiger partial charge in [0.2, 0.25) is 0 Å². The fraction of sp³-hybridized carbons (Fsp3) is 0.214. The van der Waals surface area contributed by atoms with E-state index in [0.717, 1.165) is 18.4 Å². The monoisotopic (exact) mass is 286 g/mol. The second-order valence-electron chi connectivity index (χ2n) is 4.38. The molecule has 0 aliphatic rings. The van der Waals surface area contributed by atoms with Crippen LogP contribution in [0.2, 0.25) is 0 Å². The highest BCUT2D eigenvalue weighted by molar-refractivity contribution is 5.65. The quantitative estimate of drug-likeness (QED) is 0.576. The Morgan fingerprint density at radius 1 is 1.33 bits per heavy atom. The lowest BCUT2D eigenvalue weighted by Gasteiger charge is -2.13. The Bertz CT molecular complexity index is 680. The summed E-state index contributed by atoms with van der Waals surface area (Å²) < 4.78 is 13.3. The van der Waals surface area contributed by atoms with E-state index in [1.807, 2.05) is 6.92 Å². The van der Waals surface area contributed by atoms with Gasteiger partial charge in [-0.25, -0.2) is 20.2 Å². The van der Waals surface area contributed by atoms with Crippen molar-refractivity contribution in [3.8, 4) is 6.07 Å². The van der Waals surface area contributed by atoms with E-state index in [-0.39, 0.29) is 5.56 Å². The van der Waals surface area contributed by atoms with Gasteiger partial charge < -0.3 is 10.7 Å². The maximum Gasteiger partial charge on any atom is 0.148 e. The lowest BCUT2D eigenvalue weighted by atomic mass is 10.1. The van der Waals surface area contributed by atoms with Crippen LogP contribution in [0.5, 0.6) is 0 Å². The molecule has 1 aromatic carbocycles. The predicted octanol–water partition coefficient (Wildman–Crippen LogP) is 2.47. The smallest absolute Gasteiger partial charge is 0.148 e. The van der Waals surface area contributed by atoms with Crippen LogP contribution in [-0.2, 0) is 6.42 Å². The molecule has 108 valence electrons. The van der Waals surface area contributed by atoms with Crippen molar-refractivity contribution < 1.29 is 4.39 Å². The molecule has 0 bridgehead atoms. The number of nitriles is 1. The number of hydrazine groups is 1. The van der Waals surface area contributed by atoms with Gasteiger partial charge in [-0.2, -0.15) is 5.26 Å².